The van der Waals surface area contributed by atoms with Gasteiger partial charge >= 0.3 is 0 Å². The molecule has 2 saturated heterocycles. The van der Waals surface area contributed by atoms with E-state index >= 15 is 0 Å². The average molecular weight is 383 g/mol. The molecule has 0 bridgehead atoms. The van der Waals surface area contributed by atoms with Crippen molar-refractivity contribution in [3.63, 3.8) is 0 Å². The highest BCUT2D eigenvalue weighted by atomic mass is 16.5. The van der Waals surface area contributed by atoms with Gasteiger partial charge in [0.1, 0.15) is 5.69 Å². The van der Waals surface area contributed by atoms with Crippen molar-refractivity contribution in [1.29, 1.82) is 0 Å². The minimum Gasteiger partial charge on any atom is -0.342 e. The molecule has 8 heteroatoms. The van der Waals surface area contributed by atoms with Gasteiger partial charge in [-0.1, -0.05) is 11.2 Å². The maximum atomic E-state index is 13.0. The molecule has 0 aromatic carbocycles. The predicted octanol–water partition coefficient (Wildman–Crippen LogP) is 2.09. The number of rotatable bonds is 4. The van der Waals surface area contributed by atoms with Crippen LogP contribution >= 0.6 is 0 Å². The van der Waals surface area contributed by atoms with Crippen LogP contribution in [-0.2, 0) is 9.59 Å². The van der Waals surface area contributed by atoms with E-state index in [1.165, 1.54) is 0 Å². The first-order valence-electron chi connectivity index (χ1n) is 9.86. The summed E-state index contributed by atoms with van der Waals surface area (Å²) in [6, 6.07) is 5.66. The van der Waals surface area contributed by atoms with Crippen molar-refractivity contribution < 1.29 is 14.1 Å². The number of nitrogens with zero attached hydrogens (tertiary/aromatic N) is 5. The Morgan fingerprint density at radius 2 is 2.14 bits per heavy atom. The average Bonchev–Trinajstić information content (AvgIpc) is 3.35. The fourth-order valence-corrected chi connectivity index (χ4v) is 4.04. The van der Waals surface area contributed by atoms with E-state index in [0.717, 1.165) is 12.8 Å². The fourth-order valence-electron chi connectivity index (χ4n) is 4.04. The van der Waals surface area contributed by atoms with E-state index in [9.17, 15) is 9.59 Å². The third-order valence-electron chi connectivity index (χ3n) is 5.55. The highest BCUT2D eigenvalue weighted by Gasteiger charge is 2.39. The predicted molar refractivity (Wildman–Crippen MR) is 101 cm³/mol. The largest absolute Gasteiger partial charge is 0.342 e. The summed E-state index contributed by atoms with van der Waals surface area (Å²) < 4.78 is 5.38. The van der Waals surface area contributed by atoms with Crippen LogP contribution in [0.5, 0.6) is 0 Å². The first kappa shape index (κ1) is 18.6. The summed E-state index contributed by atoms with van der Waals surface area (Å²) >= 11 is 0. The molecule has 2 aromatic heterocycles. The molecule has 0 aliphatic carbocycles. The zero-order valence-electron chi connectivity index (χ0n) is 16.2. The number of aromatic nitrogens is 3. The van der Waals surface area contributed by atoms with E-state index in [2.05, 4.69) is 15.1 Å². The number of hydrogen-bond donors (Lipinski definition) is 0. The Morgan fingerprint density at radius 3 is 2.86 bits per heavy atom. The molecule has 28 heavy (non-hydrogen) atoms. The summed E-state index contributed by atoms with van der Waals surface area (Å²) in [4.78, 5) is 37.5. The molecular formula is C20H25N5O3. The van der Waals surface area contributed by atoms with Gasteiger partial charge in [-0.15, -0.1) is 0 Å². The molecule has 0 spiro atoms. The lowest BCUT2D eigenvalue weighted by Crippen LogP contribution is -2.43. The van der Waals surface area contributed by atoms with Crippen LogP contribution in [0.25, 0.3) is 11.6 Å². The van der Waals surface area contributed by atoms with E-state index in [-0.39, 0.29) is 29.7 Å². The summed E-state index contributed by atoms with van der Waals surface area (Å²) in [6.45, 7) is 5.76. The van der Waals surface area contributed by atoms with Crippen LogP contribution in [0.1, 0.15) is 44.9 Å². The number of carbonyl (C=O) groups is 2. The summed E-state index contributed by atoms with van der Waals surface area (Å²) in [7, 11) is 0. The molecule has 4 rings (SSSR count). The summed E-state index contributed by atoms with van der Waals surface area (Å²) in [5, 5.41) is 4.13. The first-order chi connectivity index (χ1) is 13.5. The molecular weight excluding hydrogens is 358 g/mol. The Balaban J connectivity index is 1.43. The zero-order valence-corrected chi connectivity index (χ0v) is 16.2. The zero-order chi connectivity index (χ0) is 19.7. The van der Waals surface area contributed by atoms with Crippen LogP contribution in [0.3, 0.4) is 0 Å². The first-order valence-corrected chi connectivity index (χ1v) is 9.86. The molecule has 2 aliphatic heterocycles. The molecule has 0 N–H and O–H groups in total. The lowest BCUT2D eigenvalue weighted by atomic mass is 9.95. The number of hydrogen-bond acceptors (Lipinski definition) is 6. The van der Waals surface area contributed by atoms with Crippen molar-refractivity contribution in [2.75, 3.05) is 19.6 Å². The monoisotopic (exact) mass is 383 g/mol. The van der Waals surface area contributed by atoms with Gasteiger partial charge in [-0.2, -0.15) is 4.98 Å². The number of carbonyl (C=O) groups excluding carboxylic acids is 2. The van der Waals surface area contributed by atoms with E-state index in [1.54, 1.807) is 11.1 Å². The molecule has 2 fully saturated rings. The second-order valence-electron chi connectivity index (χ2n) is 7.84. The molecule has 8 nitrogen and oxygen atoms in total. The highest BCUT2D eigenvalue weighted by molar-refractivity contribution is 5.89. The van der Waals surface area contributed by atoms with Crippen molar-refractivity contribution in [2.45, 2.75) is 45.1 Å². The number of pyridine rings is 1. The van der Waals surface area contributed by atoms with E-state index < -0.39 is 0 Å². The van der Waals surface area contributed by atoms with Crippen molar-refractivity contribution >= 4 is 11.8 Å². The van der Waals surface area contributed by atoms with Gasteiger partial charge < -0.3 is 14.3 Å². The Labute approximate surface area is 163 Å². The normalized spacial score (nSPS) is 22.9. The Hall–Kier alpha value is -2.77. The van der Waals surface area contributed by atoms with Crippen molar-refractivity contribution in [3.8, 4) is 11.6 Å². The third kappa shape index (κ3) is 3.63. The Bertz CT molecular complexity index is 851. The van der Waals surface area contributed by atoms with Crippen LogP contribution < -0.4 is 0 Å². The molecule has 2 amide bonds. The Morgan fingerprint density at radius 1 is 1.29 bits per heavy atom. The van der Waals surface area contributed by atoms with Gasteiger partial charge in [-0.25, -0.2) is 0 Å². The second-order valence-corrected chi connectivity index (χ2v) is 7.84. The van der Waals surface area contributed by atoms with E-state index in [0.29, 0.717) is 43.5 Å². The summed E-state index contributed by atoms with van der Waals surface area (Å²) in [5.41, 5.74) is 0.642. The van der Waals surface area contributed by atoms with E-state index in [1.807, 2.05) is 36.9 Å². The second kappa shape index (κ2) is 7.69. The lowest BCUT2D eigenvalue weighted by Gasteiger charge is -2.33. The Kier molecular flexibility index (Phi) is 5.11. The number of likely N-dealkylation sites (tertiary alicyclic amines) is 2. The van der Waals surface area contributed by atoms with Crippen LogP contribution in [-0.4, -0.2) is 62.4 Å². The maximum Gasteiger partial charge on any atom is 0.276 e. The van der Waals surface area contributed by atoms with Crippen LogP contribution in [0.4, 0.5) is 0 Å². The van der Waals surface area contributed by atoms with Gasteiger partial charge in [0.15, 0.2) is 5.82 Å². The number of amides is 2. The van der Waals surface area contributed by atoms with Crippen molar-refractivity contribution in [3.05, 3.63) is 30.2 Å². The molecule has 4 heterocycles. The van der Waals surface area contributed by atoms with Crippen LogP contribution in [0.2, 0.25) is 0 Å². The molecule has 2 aromatic rings. The fraction of sp³-hybridized carbons (Fsp3) is 0.550. The standard InChI is InChI=1S/C20H25N5O3/c1-13(2)25-12-15(10-17(25)26)20(27)24-9-5-6-14(11-24)18-22-19(28-23-18)16-7-3-4-8-21-16/h3-4,7-8,13-15H,5-6,9-12H2,1-2H3/t14-,15+/m1/s1. The van der Waals surface area contributed by atoms with Crippen LogP contribution in [0.15, 0.2) is 28.9 Å². The topological polar surface area (TPSA) is 92.4 Å². The maximum absolute atomic E-state index is 13.0. The van der Waals surface area contributed by atoms with Crippen LogP contribution in [0, 0.1) is 5.92 Å². The SMILES string of the molecule is CC(C)N1C[C@@H](C(=O)N2CCC[C@@H](c3noc(-c4ccccn4)n3)C2)CC1=O. The molecule has 2 aliphatic rings. The summed E-state index contributed by atoms with van der Waals surface area (Å²) in [6.07, 6.45) is 3.79. The van der Waals surface area contributed by atoms with Crippen molar-refractivity contribution in [1.82, 2.24) is 24.9 Å². The van der Waals surface area contributed by atoms with Gasteiger partial charge in [0.25, 0.3) is 5.89 Å². The molecule has 0 unspecified atom stereocenters. The van der Waals surface area contributed by atoms with Gasteiger partial charge in [-0.05, 0) is 38.8 Å². The van der Waals surface area contributed by atoms with E-state index in [4.69, 9.17) is 4.52 Å². The minimum atomic E-state index is -0.247. The third-order valence-corrected chi connectivity index (χ3v) is 5.55. The number of piperidine rings is 1. The molecule has 148 valence electrons. The molecule has 0 saturated carbocycles. The lowest BCUT2D eigenvalue weighted by molar-refractivity contribution is -0.137. The molecule has 2 atom stereocenters. The summed E-state index contributed by atoms with van der Waals surface area (Å²) in [5.74, 6) is 0.937. The highest BCUT2D eigenvalue weighted by Crippen LogP contribution is 2.29. The minimum absolute atomic E-state index is 0.0391. The van der Waals surface area contributed by atoms with Gasteiger partial charge in [0.05, 0.1) is 5.92 Å². The van der Waals surface area contributed by atoms with Crippen molar-refractivity contribution in [2.24, 2.45) is 5.92 Å². The van der Waals surface area contributed by atoms with Gasteiger partial charge in [-0.3, -0.25) is 14.6 Å². The smallest absolute Gasteiger partial charge is 0.276 e. The molecule has 0 radical (unpaired) electrons. The van der Waals surface area contributed by atoms with Gasteiger partial charge in [0.2, 0.25) is 11.8 Å². The quantitative estimate of drug-likeness (QED) is 0.803. The van der Waals surface area contributed by atoms with Gasteiger partial charge in [0, 0.05) is 44.2 Å².